The monoisotopic (exact) mass is 396 g/mol. The summed E-state index contributed by atoms with van der Waals surface area (Å²) in [5.74, 6) is 1.36. The van der Waals surface area contributed by atoms with Gasteiger partial charge < -0.3 is 4.90 Å². The van der Waals surface area contributed by atoms with E-state index in [1.54, 1.807) is 11.8 Å². The van der Waals surface area contributed by atoms with Crippen molar-refractivity contribution in [1.29, 1.82) is 0 Å². The first-order chi connectivity index (χ1) is 11.6. The molecule has 1 fully saturated rings. The van der Waals surface area contributed by atoms with Crippen molar-refractivity contribution in [2.24, 2.45) is 0 Å². The van der Waals surface area contributed by atoms with Crippen LogP contribution in [0, 0.1) is 0 Å². The molecule has 0 saturated carbocycles. The van der Waals surface area contributed by atoms with Gasteiger partial charge in [-0.25, -0.2) is 8.42 Å². The Labute approximate surface area is 151 Å². The van der Waals surface area contributed by atoms with Crippen molar-refractivity contribution >= 4 is 21.8 Å². The lowest BCUT2D eigenvalue weighted by atomic mass is 10.1. The van der Waals surface area contributed by atoms with Gasteiger partial charge in [-0.05, 0) is 44.0 Å². The van der Waals surface area contributed by atoms with Crippen LogP contribution in [0.1, 0.15) is 17.5 Å². The first-order valence-corrected chi connectivity index (χ1v) is 10.7. The third kappa shape index (κ3) is 5.87. The Bertz CT molecular complexity index is 661. The summed E-state index contributed by atoms with van der Waals surface area (Å²) in [5.41, 5.74) is -0.404. The summed E-state index contributed by atoms with van der Waals surface area (Å²) in [7, 11) is 0.207. The van der Waals surface area contributed by atoms with Gasteiger partial charge in [0.05, 0.1) is 11.3 Å². The van der Waals surface area contributed by atoms with Gasteiger partial charge in [-0.15, -0.1) is 0 Å². The van der Waals surface area contributed by atoms with Crippen LogP contribution in [0.15, 0.2) is 24.3 Å². The minimum absolute atomic E-state index is 0.123. The maximum Gasteiger partial charge on any atom is 0.416 e. The molecule has 9 heteroatoms. The quantitative estimate of drug-likeness (QED) is 0.767. The van der Waals surface area contributed by atoms with Crippen molar-refractivity contribution in [3.05, 3.63) is 35.4 Å². The van der Waals surface area contributed by atoms with E-state index in [0.29, 0.717) is 18.7 Å². The Morgan fingerprint density at radius 3 is 2.44 bits per heavy atom. The van der Waals surface area contributed by atoms with Crippen molar-refractivity contribution in [3.8, 4) is 0 Å². The number of benzene rings is 1. The zero-order chi connectivity index (χ0) is 18.7. The summed E-state index contributed by atoms with van der Waals surface area (Å²) in [5, 5.41) is 0. The van der Waals surface area contributed by atoms with Crippen LogP contribution in [0.25, 0.3) is 0 Å². The van der Waals surface area contributed by atoms with E-state index in [4.69, 9.17) is 0 Å². The second-order valence-electron chi connectivity index (χ2n) is 6.41. The molecule has 4 nitrogen and oxygen atoms in total. The van der Waals surface area contributed by atoms with Crippen LogP contribution in [0.3, 0.4) is 0 Å². The average Bonchev–Trinajstić information content (AvgIpc) is 2.71. The molecule has 1 aliphatic heterocycles. The topological polar surface area (TPSA) is 40.6 Å². The molecule has 1 aromatic carbocycles. The molecule has 25 heavy (non-hydrogen) atoms. The van der Waals surface area contributed by atoms with E-state index in [-0.39, 0.29) is 11.8 Å². The molecule has 1 atom stereocenters. The van der Waals surface area contributed by atoms with E-state index < -0.39 is 21.8 Å². The lowest BCUT2D eigenvalue weighted by molar-refractivity contribution is -0.137. The highest BCUT2D eigenvalue weighted by atomic mass is 32.2. The van der Waals surface area contributed by atoms with Gasteiger partial charge >= 0.3 is 6.18 Å². The lowest BCUT2D eigenvalue weighted by Gasteiger charge is -2.30. The second-order valence-corrected chi connectivity index (χ2v) is 9.48. The maximum absolute atomic E-state index is 12.9. The van der Waals surface area contributed by atoms with E-state index in [9.17, 15) is 21.6 Å². The number of nitrogens with zero attached hydrogens (tertiary/aromatic N) is 2. The molecule has 1 aromatic rings. The third-order valence-electron chi connectivity index (χ3n) is 3.95. The average molecular weight is 396 g/mol. The van der Waals surface area contributed by atoms with Gasteiger partial charge in [-0.3, -0.25) is 0 Å². The van der Waals surface area contributed by atoms with Crippen molar-refractivity contribution in [3.63, 3.8) is 0 Å². The maximum atomic E-state index is 12.9. The highest BCUT2D eigenvalue weighted by Gasteiger charge is 2.33. The van der Waals surface area contributed by atoms with E-state index in [1.165, 1.54) is 16.4 Å². The van der Waals surface area contributed by atoms with Crippen LogP contribution < -0.4 is 0 Å². The van der Waals surface area contributed by atoms with Crippen molar-refractivity contribution in [2.45, 2.75) is 24.4 Å². The summed E-state index contributed by atoms with van der Waals surface area (Å²) in [6, 6.07) is 4.23. The van der Waals surface area contributed by atoms with Gasteiger partial charge in [0.25, 0.3) is 0 Å². The molecule has 142 valence electrons. The van der Waals surface area contributed by atoms with Crippen LogP contribution in [-0.2, 0) is 22.0 Å². The summed E-state index contributed by atoms with van der Waals surface area (Å²) < 4.78 is 65.1. The third-order valence-corrected chi connectivity index (χ3v) is 7.04. The summed E-state index contributed by atoms with van der Waals surface area (Å²) >= 11 is 1.74. The van der Waals surface area contributed by atoms with E-state index in [2.05, 4.69) is 0 Å². The smallest absolute Gasteiger partial charge is 0.308 e. The first-order valence-electron chi connectivity index (χ1n) is 7.98. The molecule has 0 aliphatic carbocycles. The van der Waals surface area contributed by atoms with Gasteiger partial charge in [0.15, 0.2) is 0 Å². The highest BCUT2D eigenvalue weighted by molar-refractivity contribution is 7.99. The standard InChI is InChI=1S/C16H23F3N2O2S2/c1-20(2)10-15-11-24-9-3-8-21(15)25(22,23)12-13-4-6-14(7-5-13)16(17,18)19/h4-7,15H,3,8-12H2,1-2H3/t15-/m0/s1. The predicted molar refractivity (Wildman–Crippen MR) is 95.1 cm³/mol. The lowest BCUT2D eigenvalue weighted by Crippen LogP contribution is -2.47. The number of halogens is 3. The fraction of sp³-hybridized carbons (Fsp3) is 0.625. The van der Waals surface area contributed by atoms with Crippen LogP contribution >= 0.6 is 11.8 Å². The van der Waals surface area contributed by atoms with Gasteiger partial charge in [-0.2, -0.15) is 29.2 Å². The molecule has 1 saturated heterocycles. The molecule has 0 aromatic heterocycles. The molecule has 2 rings (SSSR count). The van der Waals surface area contributed by atoms with Crippen LogP contribution in [0.5, 0.6) is 0 Å². The Hall–Kier alpha value is -0.770. The molecule has 0 unspecified atom stereocenters. The van der Waals surface area contributed by atoms with Crippen LogP contribution in [0.4, 0.5) is 13.2 Å². The fourth-order valence-electron chi connectivity index (χ4n) is 2.82. The predicted octanol–water partition coefficient (Wildman–Crippen LogP) is 2.90. The van der Waals surface area contributed by atoms with Crippen molar-refractivity contribution < 1.29 is 21.6 Å². The SMILES string of the molecule is CN(C)C[C@H]1CSCCCN1S(=O)(=O)Cc1ccc(C(F)(F)F)cc1. The molecule has 0 amide bonds. The Kier molecular flexibility index (Phi) is 6.80. The number of likely N-dealkylation sites (N-methyl/N-ethyl adjacent to an activating group) is 1. The summed E-state index contributed by atoms with van der Waals surface area (Å²) in [4.78, 5) is 1.96. The zero-order valence-corrected chi connectivity index (χ0v) is 15.9. The first kappa shape index (κ1) is 20.5. The van der Waals surface area contributed by atoms with Gasteiger partial charge in [0, 0.05) is 24.9 Å². The number of sulfonamides is 1. The number of thioether (sulfide) groups is 1. The minimum Gasteiger partial charge on any atom is -0.308 e. The Morgan fingerprint density at radius 2 is 1.88 bits per heavy atom. The van der Waals surface area contributed by atoms with E-state index in [0.717, 1.165) is 30.1 Å². The summed E-state index contributed by atoms with van der Waals surface area (Å²) in [6.45, 7) is 1.08. The number of alkyl halides is 3. The second kappa shape index (κ2) is 8.28. The number of hydrogen-bond donors (Lipinski definition) is 0. The largest absolute Gasteiger partial charge is 0.416 e. The zero-order valence-electron chi connectivity index (χ0n) is 14.3. The summed E-state index contributed by atoms with van der Waals surface area (Å²) in [6.07, 6.45) is -3.64. The number of hydrogen-bond acceptors (Lipinski definition) is 4. The molecule has 0 radical (unpaired) electrons. The molecule has 0 spiro atoms. The fourth-order valence-corrected chi connectivity index (χ4v) is 5.76. The number of rotatable bonds is 5. The van der Waals surface area contributed by atoms with Gasteiger partial charge in [-0.1, -0.05) is 12.1 Å². The van der Waals surface area contributed by atoms with Crippen molar-refractivity contribution in [1.82, 2.24) is 9.21 Å². The van der Waals surface area contributed by atoms with Crippen LogP contribution in [0.2, 0.25) is 0 Å². The Balaban J connectivity index is 2.17. The van der Waals surface area contributed by atoms with Gasteiger partial charge in [0.2, 0.25) is 10.0 Å². The van der Waals surface area contributed by atoms with Crippen molar-refractivity contribution in [2.75, 3.05) is 38.7 Å². The van der Waals surface area contributed by atoms with E-state index >= 15 is 0 Å². The highest BCUT2D eigenvalue weighted by Crippen LogP contribution is 2.29. The minimum atomic E-state index is -4.42. The molecule has 0 bridgehead atoms. The molecular formula is C16H23F3N2O2S2. The molecule has 1 aliphatic rings. The molecular weight excluding hydrogens is 373 g/mol. The normalized spacial score (nSPS) is 20.6. The molecule has 1 heterocycles. The van der Waals surface area contributed by atoms with E-state index in [1.807, 2.05) is 19.0 Å². The molecule has 0 N–H and O–H groups in total. The van der Waals surface area contributed by atoms with Gasteiger partial charge in [0.1, 0.15) is 0 Å². The Morgan fingerprint density at radius 1 is 1.24 bits per heavy atom. The van der Waals surface area contributed by atoms with Crippen LogP contribution in [-0.4, -0.2) is 62.4 Å².